The van der Waals surface area contributed by atoms with Crippen LogP contribution in [-0.2, 0) is 24.4 Å². The van der Waals surface area contributed by atoms with Gasteiger partial charge in [0.05, 0.1) is 18.8 Å². The van der Waals surface area contributed by atoms with Gasteiger partial charge in [-0.25, -0.2) is 0 Å². The molecule has 1 atom stereocenters. The summed E-state index contributed by atoms with van der Waals surface area (Å²) in [6.45, 7) is 7.73. The molecule has 154 valence electrons. The van der Waals surface area contributed by atoms with Gasteiger partial charge < -0.3 is 24.6 Å². The number of carbonyl (C=O) groups is 2. The Balaban J connectivity index is 1.62. The molecule has 1 unspecified atom stereocenters. The molecule has 10 nitrogen and oxygen atoms in total. The molecule has 1 saturated heterocycles. The van der Waals surface area contributed by atoms with Crippen molar-refractivity contribution in [1.29, 1.82) is 0 Å². The van der Waals surface area contributed by atoms with Gasteiger partial charge >= 0.3 is 0 Å². The standard InChI is InChI=1S/C19H23N5O5/c1-4-24-11(3)12(10(2)21-24)7-20-18(27)13-8-22-9-14-23(5-6-29-14)19(28)15(22)17(26)16(13)25/h8,14,26H,4-7,9H2,1-3H3,(H,20,27). The first-order valence-corrected chi connectivity index (χ1v) is 9.53. The third-order valence-electron chi connectivity index (χ3n) is 5.56. The number of aromatic hydroxyl groups is 1. The quantitative estimate of drug-likeness (QED) is 0.752. The number of nitrogens with one attached hydrogen (secondary N) is 1. The minimum Gasteiger partial charge on any atom is -0.503 e. The van der Waals surface area contributed by atoms with Gasteiger partial charge in [-0.3, -0.25) is 19.1 Å². The van der Waals surface area contributed by atoms with Crippen LogP contribution in [0, 0.1) is 13.8 Å². The van der Waals surface area contributed by atoms with Crippen molar-refractivity contribution < 1.29 is 19.4 Å². The Kier molecular flexibility index (Phi) is 4.65. The van der Waals surface area contributed by atoms with Gasteiger partial charge in [0.25, 0.3) is 11.8 Å². The van der Waals surface area contributed by atoms with Crippen LogP contribution in [0.5, 0.6) is 5.75 Å². The molecule has 10 heteroatoms. The zero-order valence-corrected chi connectivity index (χ0v) is 16.6. The summed E-state index contributed by atoms with van der Waals surface area (Å²) in [5, 5.41) is 17.5. The first-order valence-electron chi connectivity index (χ1n) is 9.53. The summed E-state index contributed by atoms with van der Waals surface area (Å²) in [7, 11) is 0. The van der Waals surface area contributed by atoms with E-state index >= 15 is 0 Å². The SMILES string of the molecule is CCn1nc(C)c(CNC(=O)c2cn3c(c(O)c2=O)C(=O)N2CCOC2C3)c1C. The fourth-order valence-corrected chi connectivity index (χ4v) is 3.95. The highest BCUT2D eigenvalue weighted by atomic mass is 16.5. The van der Waals surface area contributed by atoms with Crippen LogP contribution < -0.4 is 10.7 Å². The zero-order chi connectivity index (χ0) is 20.9. The molecule has 4 heterocycles. The average molecular weight is 401 g/mol. The molecule has 2 aromatic heterocycles. The van der Waals surface area contributed by atoms with E-state index in [1.54, 1.807) is 0 Å². The van der Waals surface area contributed by atoms with Gasteiger partial charge in [0.2, 0.25) is 5.43 Å². The number of aromatic nitrogens is 3. The maximum absolute atomic E-state index is 12.7. The van der Waals surface area contributed by atoms with Crippen LogP contribution in [0.25, 0.3) is 0 Å². The summed E-state index contributed by atoms with van der Waals surface area (Å²) in [5.41, 5.74) is 1.44. The van der Waals surface area contributed by atoms with E-state index < -0.39 is 29.2 Å². The summed E-state index contributed by atoms with van der Waals surface area (Å²) >= 11 is 0. The zero-order valence-electron chi connectivity index (χ0n) is 16.6. The van der Waals surface area contributed by atoms with Crippen molar-refractivity contribution in [2.24, 2.45) is 0 Å². The van der Waals surface area contributed by atoms with Crippen molar-refractivity contribution in [1.82, 2.24) is 24.6 Å². The molecular formula is C19H23N5O5. The van der Waals surface area contributed by atoms with Crippen molar-refractivity contribution in [3.8, 4) is 5.75 Å². The Morgan fingerprint density at radius 3 is 2.83 bits per heavy atom. The molecule has 0 radical (unpaired) electrons. The molecule has 1 fully saturated rings. The minimum absolute atomic E-state index is 0.107. The van der Waals surface area contributed by atoms with Gasteiger partial charge in [-0.15, -0.1) is 0 Å². The number of hydrogen-bond donors (Lipinski definition) is 2. The second-order valence-corrected chi connectivity index (χ2v) is 7.19. The van der Waals surface area contributed by atoms with Crippen LogP contribution in [0.3, 0.4) is 0 Å². The number of hydrogen-bond acceptors (Lipinski definition) is 6. The topological polar surface area (TPSA) is 119 Å². The number of pyridine rings is 1. The van der Waals surface area contributed by atoms with Crippen LogP contribution in [0.2, 0.25) is 0 Å². The number of rotatable bonds is 4. The molecule has 2 aromatic rings. The van der Waals surface area contributed by atoms with Crippen molar-refractivity contribution in [3.63, 3.8) is 0 Å². The van der Waals surface area contributed by atoms with E-state index in [-0.39, 0.29) is 24.3 Å². The van der Waals surface area contributed by atoms with Crippen molar-refractivity contribution in [2.45, 2.75) is 46.6 Å². The van der Waals surface area contributed by atoms with Gasteiger partial charge in [0.1, 0.15) is 5.56 Å². The molecule has 0 aliphatic carbocycles. The lowest BCUT2D eigenvalue weighted by Crippen LogP contribution is -2.46. The van der Waals surface area contributed by atoms with Crippen LogP contribution in [-0.4, -0.2) is 55.5 Å². The highest BCUT2D eigenvalue weighted by molar-refractivity contribution is 5.99. The first kappa shape index (κ1) is 19.2. The Bertz CT molecular complexity index is 1070. The Morgan fingerprint density at radius 1 is 1.38 bits per heavy atom. The summed E-state index contributed by atoms with van der Waals surface area (Å²) in [6, 6.07) is 0. The fourth-order valence-electron chi connectivity index (χ4n) is 3.95. The van der Waals surface area contributed by atoms with Gasteiger partial charge in [0.15, 0.2) is 17.7 Å². The lowest BCUT2D eigenvalue weighted by atomic mass is 10.1. The van der Waals surface area contributed by atoms with Crippen LogP contribution >= 0.6 is 0 Å². The van der Waals surface area contributed by atoms with E-state index in [0.29, 0.717) is 13.2 Å². The van der Waals surface area contributed by atoms with Gasteiger partial charge in [-0.1, -0.05) is 0 Å². The van der Waals surface area contributed by atoms with E-state index in [1.165, 1.54) is 15.7 Å². The van der Waals surface area contributed by atoms with Crippen LogP contribution in [0.4, 0.5) is 0 Å². The normalized spacial score (nSPS) is 18.0. The number of ether oxygens (including phenoxy) is 1. The Hall–Kier alpha value is -3.14. The molecule has 0 aromatic carbocycles. The lowest BCUT2D eigenvalue weighted by Gasteiger charge is -2.31. The third kappa shape index (κ3) is 3.00. The molecule has 0 saturated carbocycles. The predicted molar refractivity (Wildman–Crippen MR) is 102 cm³/mol. The molecule has 4 rings (SSSR count). The second-order valence-electron chi connectivity index (χ2n) is 7.19. The maximum Gasteiger partial charge on any atom is 0.276 e. The molecule has 29 heavy (non-hydrogen) atoms. The number of carbonyl (C=O) groups excluding carboxylic acids is 2. The molecule has 2 amide bonds. The molecule has 2 aliphatic heterocycles. The number of aryl methyl sites for hydroxylation is 2. The van der Waals surface area contributed by atoms with E-state index in [0.717, 1.165) is 23.5 Å². The van der Waals surface area contributed by atoms with Gasteiger partial charge in [-0.05, 0) is 20.8 Å². The summed E-state index contributed by atoms with van der Waals surface area (Å²) in [5.74, 6) is -1.80. The molecule has 0 bridgehead atoms. The highest BCUT2D eigenvalue weighted by Gasteiger charge is 2.39. The summed E-state index contributed by atoms with van der Waals surface area (Å²) in [6.07, 6.45) is 0.858. The molecule has 2 aliphatic rings. The highest BCUT2D eigenvalue weighted by Crippen LogP contribution is 2.26. The molecule has 2 N–H and O–H groups in total. The Morgan fingerprint density at radius 2 is 2.14 bits per heavy atom. The van der Waals surface area contributed by atoms with E-state index in [9.17, 15) is 19.5 Å². The first-order chi connectivity index (χ1) is 13.8. The minimum atomic E-state index is -0.863. The van der Waals surface area contributed by atoms with Crippen molar-refractivity contribution in [3.05, 3.63) is 44.6 Å². The van der Waals surface area contributed by atoms with Crippen molar-refractivity contribution >= 4 is 11.8 Å². The fraction of sp³-hybridized carbons (Fsp3) is 0.474. The number of nitrogens with zero attached hydrogens (tertiary/aromatic N) is 4. The van der Waals surface area contributed by atoms with Crippen LogP contribution in [0.15, 0.2) is 11.0 Å². The predicted octanol–water partition coefficient (Wildman–Crippen LogP) is 0.129. The number of amides is 2. The maximum atomic E-state index is 12.7. The van der Waals surface area contributed by atoms with Crippen molar-refractivity contribution in [2.75, 3.05) is 13.2 Å². The van der Waals surface area contributed by atoms with Gasteiger partial charge in [-0.2, -0.15) is 5.10 Å². The number of fused-ring (bicyclic) bond motifs is 2. The van der Waals surface area contributed by atoms with E-state index in [4.69, 9.17) is 4.74 Å². The lowest BCUT2D eigenvalue weighted by molar-refractivity contribution is 0.00845. The van der Waals surface area contributed by atoms with Crippen LogP contribution in [0.1, 0.15) is 44.7 Å². The second kappa shape index (κ2) is 7.03. The summed E-state index contributed by atoms with van der Waals surface area (Å²) < 4.78 is 8.78. The molecule has 0 spiro atoms. The molecular weight excluding hydrogens is 378 g/mol. The average Bonchev–Trinajstić information content (AvgIpc) is 3.27. The van der Waals surface area contributed by atoms with E-state index in [2.05, 4.69) is 10.4 Å². The summed E-state index contributed by atoms with van der Waals surface area (Å²) in [4.78, 5) is 39.3. The smallest absolute Gasteiger partial charge is 0.276 e. The Labute approximate surface area is 166 Å². The third-order valence-corrected chi connectivity index (χ3v) is 5.56. The van der Waals surface area contributed by atoms with Gasteiger partial charge in [0, 0.05) is 37.1 Å². The monoisotopic (exact) mass is 401 g/mol. The van der Waals surface area contributed by atoms with E-state index in [1.807, 2.05) is 25.5 Å². The largest absolute Gasteiger partial charge is 0.503 e.